The number of rotatable bonds is 3. The number of halogens is 1. The molecule has 2 heterocycles. The Morgan fingerprint density at radius 3 is 2.95 bits per heavy atom. The summed E-state index contributed by atoms with van der Waals surface area (Å²) >= 11 is 3.45. The van der Waals surface area contributed by atoms with Crippen LogP contribution < -0.4 is 10.1 Å². The molecule has 0 atom stereocenters. The van der Waals surface area contributed by atoms with E-state index < -0.39 is 0 Å². The van der Waals surface area contributed by atoms with Crippen molar-refractivity contribution in [2.45, 2.75) is 0 Å². The molecule has 22 heavy (non-hydrogen) atoms. The van der Waals surface area contributed by atoms with Crippen molar-refractivity contribution in [1.29, 1.82) is 0 Å². The van der Waals surface area contributed by atoms with Gasteiger partial charge in [-0.2, -0.15) is 4.98 Å². The number of nitrogens with zero attached hydrogens (tertiary/aromatic N) is 3. The van der Waals surface area contributed by atoms with Gasteiger partial charge in [0.15, 0.2) is 0 Å². The van der Waals surface area contributed by atoms with Crippen LogP contribution in [0.3, 0.4) is 0 Å². The van der Waals surface area contributed by atoms with Crippen LogP contribution in [-0.2, 0) is 0 Å². The molecule has 0 amide bonds. The van der Waals surface area contributed by atoms with E-state index in [1.807, 2.05) is 47.0 Å². The maximum atomic E-state index is 5.21. The smallest absolute Gasteiger partial charge is 0.253 e. The number of ether oxygens (including phenoxy) is 1. The Morgan fingerprint density at radius 1 is 1.18 bits per heavy atom. The van der Waals surface area contributed by atoms with Gasteiger partial charge in [-0.3, -0.25) is 5.10 Å². The number of benzene rings is 2. The molecule has 0 fully saturated rings. The fraction of sp³-hybridized carbons (Fsp3) is 0.0667. The van der Waals surface area contributed by atoms with E-state index in [1.54, 1.807) is 7.11 Å². The number of fused-ring (bicyclic) bond motifs is 3. The SMILES string of the molecule is COc1cccc(Nc2nc3nc4cc(Br)ccc4n3[nH]2)c1. The summed E-state index contributed by atoms with van der Waals surface area (Å²) in [5, 5.41) is 6.41. The van der Waals surface area contributed by atoms with E-state index >= 15 is 0 Å². The Kier molecular flexibility index (Phi) is 3.00. The molecule has 0 aliphatic carbocycles. The summed E-state index contributed by atoms with van der Waals surface area (Å²) < 4.78 is 8.06. The molecule has 7 heteroatoms. The first-order chi connectivity index (χ1) is 10.7. The lowest BCUT2D eigenvalue weighted by Crippen LogP contribution is -1.94. The molecule has 2 aromatic heterocycles. The predicted octanol–water partition coefficient (Wildman–Crippen LogP) is 3.73. The zero-order chi connectivity index (χ0) is 15.1. The predicted molar refractivity (Wildman–Crippen MR) is 88.8 cm³/mol. The van der Waals surface area contributed by atoms with Crippen LogP contribution in [0.25, 0.3) is 16.8 Å². The number of nitrogens with one attached hydrogen (secondary N) is 2. The lowest BCUT2D eigenvalue weighted by atomic mass is 10.3. The van der Waals surface area contributed by atoms with Crippen LogP contribution in [0.1, 0.15) is 0 Å². The van der Waals surface area contributed by atoms with E-state index in [1.165, 1.54) is 0 Å². The molecule has 6 nitrogen and oxygen atoms in total. The maximum absolute atomic E-state index is 5.21. The van der Waals surface area contributed by atoms with Crippen molar-refractivity contribution >= 4 is 44.4 Å². The number of aromatic nitrogens is 4. The minimum Gasteiger partial charge on any atom is -0.497 e. The molecule has 0 unspecified atom stereocenters. The van der Waals surface area contributed by atoms with Crippen molar-refractivity contribution in [3.05, 3.63) is 46.9 Å². The molecule has 0 radical (unpaired) electrons. The molecule has 0 saturated carbocycles. The largest absolute Gasteiger partial charge is 0.497 e. The molecule has 2 aromatic carbocycles. The average Bonchev–Trinajstić information content (AvgIpc) is 3.03. The molecule has 0 bridgehead atoms. The average molecular weight is 358 g/mol. The third-order valence-electron chi connectivity index (χ3n) is 3.36. The van der Waals surface area contributed by atoms with Gasteiger partial charge in [0, 0.05) is 16.2 Å². The van der Waals surface area contributed by atoms with Crippen LogP contribution in [0.5, 0.6) is 5.75 Å². The van der Waals surface area contributed by atoms with Gasteiger partial charge in [-0.15, -0.1) is 0 Å². The highest BCUT2D eigenvalue weighted by Crippen LogP contribution is 2.23. The van der Waals surface area contributed by atoms with Crippen LogP contribution in [0.15, 0.2) is 46.9 Å². The summed E-state index contributed by atoms with van der Waals surface area (Å²) in [7, 11) is 1.64. The van der Waals surface area contributed by atoms with Gasteiger partial charge < -0.3 is 10.1 Å². The van der Waals surface area contributed by atoms with E-state index in [9.17, 15) is 0 Å². The monoisotopic (exact) mass is 357 g/mol. The molecule has 0 spiro atoms. The normalized spacial score (nSPS) is 11.2. The van der Waals surface area contributed by atoms with Crippen molar-refractivity contribution in [3.63, 3.8) is 0 Å². The number of aromatic amines is 1. The molecular formula is C15H12BrN5O. The van der Waals surface area contributed by atoms with Crippen LogP contribution >= 0.6 is 15.9 Å². The highest BCUT2D eigenvalue weighted by Gasteiger charge is 2.10. The maximum Gasteiger partial charge on any atom is 0.253 e. The third-order valence-corrected chi connectivity index (χ3v) is 3.85. The number of anilines is 2. The number of hydrogen-bond donors (Lipinski definition) is 2. The van der Waals surface area contributed by atoms with Crippen molar-refractivity contribution in [3.8, 4) is 5.75 Å². The Morgan fingerprint density at radius 2 is 2.09 bits per heavy atom. The van der Waals surface area contributed by atoms with Crippen molar-refractivity contribution < 1.29 is 4.74 Å². The minimum absolute atomic E-state index is 0.624. The fourth-order valence-corrected chi connectivity index (χ4v) is 2.70. The highest BCUT2D eigenvalue weighted by molar-refractivity contribution is 9.10. The highest BCUT2D eigenvalue weighted by atomic mass is 79.9. The summed E-state index contributed by atoms with van der Waals surface area (Å²) in [5.41, 5.74) is 2.76. The van der Waals surface area contributed by atoms with Gasteiger partial charge in [-0.1, -0.05) is 22.0 Å². The van der Waals surface area contributed by atoms with Gasteiger partial charge in [0.1, 0.15) is 5.75 Å². The van der Waals surface area contributed by atoms with Gasteiger partial charge in [-0.25, -0.2) is 9.50 Å². The minimum atomic E-state index is 0.624. The Balaban J connectivity index is 1.73. The molecule has 0 saturated heterocycles. The molecular weight excluding hydrogens is 346 g/mol. The number of imidazole rings is 1. The lowest BCUT2D eigenvalue weighted by Gasteiger charge is -2.04. The Labute approximate surface area is 134 Å². The summed E-state index contributed by atoms with van der Waals surface area (Å²) in [6.07, 6.45) is 0. The van der Waals surface area contributed by atoms with Crippen LogP contribution in [-0.4, -0.2) is 26.7 Å². The quantitative estimate of drug-likeness (QED) is 0.586. The van der Waals surface area contributed by atoms with E-state index in [0.717, 1.165) is 26.9 Å². The lowest BCUT2D eigenvalue weighted by molar-refractivity contribution is 0.415. The molecule has 110 valence electrons. The summed E-state index contributed by atoms with van der Waals surface area (Å²) in [4.78, 5) is 8.96. The second kappa shape index (κ2) is 5.03. The molecule has 4 aromatic rings. The second-order valence-electron chi connectivity index (χ2n) is 4.81. The third kappa shape index (κ3) is 2.19. The summed E-state index contributed by atoms with van der Waals surface area (Å²) in [6, 6.07) is 13.6. The molecule has 4 rings (SSSR count). The fourth-order valence-electron chi connectivity index (χ4n) is 2.35. The van der Waals surface area contributed by atoms with E-state index in [2.05, 4.69) is 36.3 Å². The summed E-state index contributed by atoms with van der Waals surface area (Å²) in [5.74, 6) is 2.04. The van der Waals surface area contributed by atoms with E-state index in [0.29, 0.717) is 11.7 Å². The first-order valence-electron chi connectivity index (χ1n) is 6.68. The topological polar surface area (TPSA) is 67.2 Å². The van der Waals surface area contributed by atoms with Crippen molar-refractivity contribution in [2.24, 2.45) is 0 Å². The zero-order valence-electron chi connectivity index (χ0n) is 11.7. The number of H-pyrrole nitrogens is 1. The zero-order valence-corrected chi connectivity index (χ0v) is 13.3. The molecule has 2 N–H and O–H groups in total. The van der Waals surface area contributed by atoms with Gasteiger partial charge in [0.05, 0.1) is 18.1 Å². The van der Waals surface area contributed by atoms with Gasteiger partial charge >= 0.3 is 0 Å². The molecule has 0 aliphatic heterocycles. The van der Waals surface area contributed by atoms with Crippen molar-refractivity contribution in [2.75, 3.05) is 12.4 Å². The van der Waals surface area contributed by atoms with Gasteiger partial charge in [-0.05, 0) is 30.3 Å². The van der Waals surface area contributed by atoms with Crippen molar-refractivity contribution in [1.82, 2.24) is 19.6 Å². The first-order valence-corrected chi connectivity index (χ1v) is 7.47. The van der Waals surface area contributed by atoms with Crippen LogP contribution in [0.2, 0.25) is 0 Å². The Hall–Kier alpha value is -2.54. The van der Waals surface area contributed by atoms with Crippen LogP contribution in [0, 0.1) is 0 Å². The second-order valence-corrected chi connectivity index (χ2v) is 5.73. The first kappa shape index (κ1) is 13.1. The van der Waals surface area contributed by atoms with Gasteiger partial charge in [0.25, 0.3) is 5.78 Å². The number of hydrogen-bond acceptors (Lipinski definition) is 4. The molecule has 0 aliphatic rings. The van der Waals surface area contributed by atoms with E-state index in [4.69, 9.17) is 4.74 Å². The standard InChI is InChI=1S/C15H12BrN5O/c1-22-11-4-2-3-10(8-11)17-14-19-15-18-12-7-9(16)5-6-13(12)21(15)20-14/h2-8H,1H3,(H2,17,18,19,20). The van der Waals surface area contributed by atoms with Gasteiger partial charge in [0.2, 0.25) is 5.95 Å². The van der Waals surface area contributed by atoms with Crippen LogP contribution in [0.4, 0.5) is 11.6 Å². The Bertz CT molecular complexity index is 975. The summed E-state index contributed by atoms with van der Waals surface area (Å²) in [6.45, 7) is 0. The van der Waals surface area contributed by atoms with E-state index in [-0.39, 0.29) is 0 Å². The number of methoxy groups -OCH3 is 1.